The summed E-state index contributed by atoms with van der Waals surface area (Å²) in [4.78, 5) is 0. The summed E-state index contributed by atoms with van der Waals surface area (Å²) in [6.45, 7) is 6.65. The Hall–Kier alpha value is -0.930. The average Bonchev–Trinajstić information content (AvgIpc) is 2.40. The van der Waals surface area contributed by atoms with Crippen molar-refractivity contribution in [2.75, 3.05) is 19.8 Å². The van der Waals surface area contributed by atoms with Gasteiger partial charge < -0.3 is 10.1 Å². The normalized spacial score (nSPS) is 21.8. The standard InChI is InChI=1S/C15H22FNO/c1-3-17-15(12-5-4-8-18-10-12)14-9-13(16)7-6-11(14)2/h6-7,9,12,15,17H,3-5,8,10H2,1-2H3. The highest BCUT2D eigenvalue weighted by Crippen LogP contribution is 2.31. The second-order valence-electron chi connectivity index (χ2n) is 5.01. The van der Waals surface area contributed by atoms with Crippen LogP contribution in [-0.4, -0.2) is 19.8 Å². The number of rotatable bonds is 4. The van der Waals surface area contributed by atoms with Gasteiger partial charge in [0.1, 0.15) is 5.82 Å². The summed E-state index contributed by atoms with van der Waals surface area (Å²) in [5.41, 5.74) is 2.22. The number of halogens is 1. The van der Waals surface area contributed by atoms with Gasteiger partial charge in [-0.15, -0.1) is 0 Å². The molecule has 1 aromatic carbocycles. The van der Waals surface area contributed by atoms with E-state index in [0.717, 1.165) is 43.7 Å². The first-order valence-electron chi connectivity index (χ1n) is 6.79. The molecule has 0 bridgehead atoms. The molecule has 1 aromatic rings. The third-order valence-electron chi connectivity index (χ3n) is 3.67. The fraction of sp³-hybridized carbons (Fsp3) is 0.600. The van der Waals surface area contributed by atoms with Crippen LogP contribution in [0.1, 0.15) is 36.9 Å². The third-order valence-corrected chi connectivity index (χ3v) is 3.67. The maximum absolute atomic E-state index is 13.5. The van der Waals surface area contributed by atoms with Crippen LogP contribution in [0.15, 0.2) is 18.2 Å². The highest BCUT2D eigenvalue weighted by molar-refractivity contribution is 5.30. The van der Waals surface area contributed by atoms with Gasteiger partial charge in [0.25, 0.3) is 0 Å². The molecule has 3 heteroatoms. The van der Waals surface area contributed by atoms with E-state index in [-0.39, 0.29) is 11.9 Å². The van der Waals surface area contributed by atoms with Crippen LogP contribution < -0.4 is 5.32 Å². The van der Waals surface area contributed by atoms with Gasteiger partial charge in [0.2, 0.25) is 0 Å². The second kappa shape index (κ2) is 6.30. The monoisotopic (exact) mass is 251 g/mol. The first-order chi connectivity index (χ1) is 8.72. The molecule has 0 radical (unpaired) electrons. The minimum atomic E-state index is -0.157. The summed E-state index contributed by atoms with van der Waals surface area (Å²) >= 11 is 0. The van der Waals surface area contributed by atoms with Crippen molar-refractivity contribution < 1.29 is 9.13 Å². The fourth-order valence-corrected chi connectivity index (χ4v) is 2.73. The largest absolute Gasteiger partial charge is 0.381 e. The van der Waals surface area contributed by atoms with Crippen LogP contribution in [0.4, 0.5) is 4.39 Å². The van der Waals surface area contributed by atoms with Crippen molar-refractivity contribution in [3.63, 3.8) is 0 Å². The summed E-state index contributed by atoms with van der Waals surface area (Å²) in [6, 6.07) is 5.25. The lowest BCUT2D eigenvalue weighted by atomic mass is 9.86. The average molecular weight is 251 g/mol. The first-order valence-corrected chi connectivity index (χ1v) is 6.79. The molecule has 1 heterocycles. The van der Waals surface area contributed by atoms with E-state index < -0.39 is 0 Å². The van der Waals surface area contributed by atoms with E-state index in [1.807, 2.05) is 13.0 Å². The Labute approximate surface area is 109 Å². The Balaban J connectivity index is 2.24. The van der Waals surface area contributed by atoms with Crippen LogP contribution in [0.5, 0.6) is 0 Å². The van der Waals surface area contributed by atoms with E-state index in [1.165, 1.54) is 6.07 Å². The van der Waals surface area contributed by atoms with Gasteiger partial charge in [0.15, 0.2) is 0 Å². The lowest BCUT2D eigenvalue weighted by molar-refractivity contribution is 0.0391. The van der Waals surface area contributed by atoms with Crippen molar-refractivity contribution in [1.29, 1.82) is 0 Å². The topological polar surface area (TPSA) is 21.3 Å². The lowest BCUT2D eigenvalue weighted by Gasteiger charge is -2.32. The predicted octanol–water partition coefficient (Wildman–Crippen LogP) is 3.21. The molecule has 1 aliphatic heterocycles. The number of aryl methyl sites for hydroxylation is 1. The zero-order chi connectivity index (χ0) is 13.0. The Morgan fingerprint density at radius 1 is 1.50 bits per heavy atom. The number of ether oxygens (including phenoxy) is 1. The Bertz CT molecular complexity index is 388. The molecule has 2 nitrogen and oxygen atoms in total. The molecule has 1 saturated heterocycles. The van der Waals surface area contributed by atoms with Crippen molar-refractivity contribution in [2.45, 2.75) is 32.7 Å². The van der Waals surface area contributed by atoms with Crippen molar-refractivity contribution in [1.82, 2.24) is 5.32 Å². The van der Waals surface area contributed by atoms with Gasteiger partial charge >= 0.3 is 0 Å². The SMILES string of the molecule is CCNC(c1cc(F)ccc1C)C1CCCOC1. The smallest absolute Gasteiger partial charge is 0.123 e. The minimum Gasteiger partial charge on any atom is -0.381 e. The molecule has 18 heavy (non-hydrogen) atoms. The predicted molar refractivity (Wildman–Crippen MR) is 71.1 cm³/mol. The van der Waals surface area contributed by atoms with E-state index in [0.29, 0.717) is 5.92 Å². The van der Waals surface area contributed by atoms with Gasteiger partial charge in [-0.1, -0.05) is 13.0 Å². The molecule has 1 fully saturated rings. The lowest BCUT2D eigenvalue weighted by Crippen LogP contribution is -2.33. The fourth-order valence-electron chi connectivity index (χ4n) is 2.73. The first kappa shape index (κ1) is 13.5. The molecule has 2 unspecified atom stereocenters. The Morgan fingerprint density at radius 3 is 3.00 bits per heavy atom. The van der Waals surface area contributed by atoms with Gasteiger partial charge in [-0.05, 0) is 49.6 Å². The summed E-state index contributed by atoms with van der Waals surface area (Å²) in [5, 5.41) is 3.49. The van der Waals surface area contributed by atoms with Crippen LogP contribution in [0.25, 0.3) is 0 Å². The molecular weight excluding hydrogens is 229 g/mol. The Kier molecular flexibility index (Phi) is 4.72. The Morgan fingerprint density at radius 2 is 2.33 bits per heavy atom. The molecule has 0 spiro atoms. The zero-order valence-corrected chi connectivity index (χ0v) is 11.2. The number of hydrogen-bond donors (Lipinski definition) is 1. The number of hydrogen-bond acceptors (Lipinski definition) is 2. The number of nitrogens with one attached hydrogen (secondary N) is 1. The van der Waals surface area contributed by atoms with E-state index in [9.17, 15) is 4.39 Å². The molecule has 1 aliphatic rings. The van der Waals surface area contributed by atoms with E-state index in [4.69, 9.17) is 4.74 Å². The van der Waals surface area contributed by atoms with Crippen LogP contribution >= 0.6 is 0 Å². The van der Waals surface area contributed by atoms with Gasteiger partial charge in [0, 0.05) is 18.6 Å². The van der Waals surface area contributed by atoms with Crippen LogP contribution in [0.3, 0.4) is 0 Å². The molecule has 1 N–H and O–H groups in total. The maximum Gasteiger partial charge on any atom is 0.123 e. The quantitative estimate of drug-likeness (QED) is 0.887. The number of benzene rings is 1. The van der Waals surface area contributed by atoms with Crippen LogP contribution in [0, 0.1) is 18.7 Å². The molecular formula is C15H22FNO. The van der Waals surface area contributed by atoms with Crippen LogP contribution in [-0.2, 0) is 4.74 Å². The third kappa shape index (κ3) is 3.09. The van der Waals surface area contributed by atoms with Crippen molar-refractivity contribution >= 4 is 0 Å². The van der Waals surface area contributed by atoms with Gasteiger partial charge in [-0.3, -0.25) is 0 Å². The summed E-state index contributed by atoms with van der Waals surface area (Å²) in [7, 11) is 0. The van der Waals surface area contributed by atoms with Crippen LogP contribution in [0.2, 0.25) is 0 Å². The van der Waals surface area contributed by atoms with E-state index in [2.05, 4.69) is 12.2 Å². The highest BCUT2D eigenvalue weighted by atomic mass is 19.1. The molecule has 100 valence electrons. The second-order valence-corrected chi connectivity index (χ2v) is 5.01. The van der Waals surface area contributed by atoms with Gasteiger partial charge in [-0.25, -0.2) is 4.39 Å². The van der Waals surface area contributed by atoms with Gasteiger partial charge in [-0.2, -0.15) is 0 Å². The molecule has 2 rings (SSSR count). The molecule has 0 aromatic heterocycles. The highest BCUT2D eigenvalue weighted by Gasteiger charge is 2.26. The van der Waals surface area contributed by atoms with Crippen molar-refractivity contribution in [3.8, 4) is 0 Å². The maximum atomic E-state index is 13.5. The van der Waals surface area contributed by atoms with Crippen molar-refractivity contribution in [2.24, 2.45) is 5.92 Å². The minimum absolute atomic E-state index is 0.157. The summed E-state index contributed by atoms with van der Waals surface area (Å²) in [5.74, 6) is 0.287. The molecule has 2 atom stereocenters. The zero-order valence-electron chi connectivity index (χ0n) is 11.2. The molecule has 0 saturated carbocycles. The molecule has 0 amide bonds. The summed E-state index contributed by atoms with van der Waals surface area (Å²) < 4.78 is 19.0. The van der Waals surface area contributed by atoms with E-state index >= 15 is 0 Å². The van der Waals surface area contributed by atoms with Gasteiger partial charge in [0.05, 0.1) is 6.61 Å². The van der Waals surface area contributed by atoms with Crippen molar-refractivity contribution in [3.05, 3.63) is 35.1 Å². The summed E-state index contributed by atoms with van der Waals surface area (Å²) in [6.07, 6.45) is 2.24. The van der Waals surface area contributed by atoms with E-state index in [1.54, 1.807) is 6.07 Å². The molecule has 0 aliphatic carbocycles.